The molecule has 1 fully saturated rings. The molecule has 2 amide bonds. The summed E-state index contributed by atoms with van der Waals surface area (Å²) in [6.45, 7) is 6.68. The summed E-state index contributed by atoms with van der Waals surface area (Å²) in [5.74, 6) is 1.69. The highest BCUT2D eigenvalue weighted by atomic mass is 16.2. The molecule has 0 bridgehead atoms. The second kappa shape index (κ2) is 9.53. The van der Waals surface area contributed by atoms with Crippen molar-refractivity contribution in [3.05, 3.63) is 42.2 Å². The van der Waals surface area contributed by atoms with Crippen LogP contribution < -0.4 is 5.32 Å². The molecular weight excluding hydrogens is 352 g/mol. The summed E-state index contributed by atoms with van der Waals surface area (Å²) in [6.07, 6.45) is 6.90. The van der Waals surface area contributed by atoms with Gasteiger partial charge in [-0.25, -0.2) is 4.98 Å². The first-order valence-electron chi connectivity index (χ1n) is 10.2. The lowest BCUT2D eigenvalue weighted by Gasteiger charge is -2.30. The van der Waals surface area contributed by atoms with Gasteiger partial charge in [0.1, 0.15) is 12.4 Å². The summed E-state index contributed by atoms with van der Waals surface area (Å²) < 4.78 is 2.05. The van der Waals surface area contributed by atoms with E-state index in [0.29, 0.717) is 19.0 Å². The van der Waals surface area contributed by atoms with Crippen LogP contribution in [0, 0.1) is 5.92 Å². The van der Waals surface area contributed by atoms with Gasteiger partial charge in [-0.15, -0.1) is 0 Å². The Labute approximate surface area is 166 Å². The minimum Gasteiger partial charge on any atom is -0.353 e. The molecule has 2 aromatic rings. The Bertz CT molecular complexity index is 847. The fourth-order valence-electron chi connectivity index (χ4n) is 3.65. The lowest BCUT2D eigenvalue weighted by atomic mass is 9.99. The predicted molar refractivity (Wildman–Crippen MR) is 111 cm³/mol. The van der Waals surface area contributed by atoms with Crippen LogP contribution in [-0.4, -0.2) is 45.9 Å². The van der Waals surface area contributed by atoms with Crippen LogP contribution in [0.1, 0.15) is 38.9 Å². The highest BCUT2D eigenvalue weighted by Crippen LogP contribution is 2.20. The first kappa shape index (κ1) is 20.1. The van der Waals surface area contributed by atoms with E-state index in [1.165, 1.54) is 6.08 Å². The molecule has 2 heterocycles. The molecule has 6 nitrogen and oxygen atoms in total. The number of imidazole rings is 1. The number of amides is 2. The number of benzene rings is 1. The number of aryl methyl sites for hydroxylation is 1. The minimum atomic E-state index is -0.0782. The van der Waals surface area contributed by atoms with Gasteiger partial charge in [0, 0.05) is 26.1 Å². The zero-order valence-electron chi connectivity index (χ0n) is 16.9. The molecule has 150 valence electrons. The number of nitrogens with one attached hydrogen (secondary N) is 1. The van der Waals surface area contributed by atoms with E-state index in [9.17, 15) is 9.59 Å². The lowest BCUT2D eigenvalue weighted by Crippen LogP contribution is -2.40. The third-order valence-corrected chi connectivity index (χ3v) is 5.36. The molecular formula is C22H30N4O2. The Morgan fingerprint density at radius 2 is 2.00 bits per heavy atom. The number of aromatic nitrogens is 2. The van der Waals surface area contributed by atoms with E-state index < -0.39 is 0 Å². The average Bonchev–Trinajstić information content (AvgIpc) is 3.03. The number of hydrogen-bond donors (Lipinski definition) is 1. The third kappa shape index (κ3) is 5.00. The van der Waals surface area contributed by atoms with Crippen LogP contribution in [0.2, 0.25) is 0 Å². The molecule has 0 saturated carbocycles. The van der Waals surface area contributed by atoms with Gasteiger partial charge in [0.05, 0.1) is 11.0 Å². The summed E-state index contributed by atoms with van der Waals surface area (Å²) in [5.41, 5.74) is 1.91. The molecule has 1 aliphatic rings. The van der Waals surface area contributed by atoms with Gasteiger partial charge in [0.25, 0.3) is 0 Å². The SMILES string of the molecule is C/C=C\C(=O)NCCCc1nc2ccccc2n1CC(=O)N1CCC(C)CC1. The van der Waals surface area contributed by atoms with Crippen LogP contribution in [0.3, 0.4) is 0 Å². The van der Waals surface area contributed by atoms with Gasteiger partial charge in [-0.1, -0.05) is 25.1 Å². The molecule has 1 aliphatic heterocycles. The topological polar surface area (TPSA) is 67.2 Å². The number of likely N-dealkylation sites (tertiary alicyclic amines) is 1. The lowest BCUT2D eigenvalue weighted by molar-refractivity contribution is -0.133. The highest BCUT2D eigenvalue weighted by Gasteiger charge is 2.22. The highest BCUT2D eigenvalue weighted by molar-refractivity contribution is 5.87. The van der Waals surface area contributed by atoms with Gasteiger partial charge in [-0.3, -0.25) is 9.59 Å². The molecule has 0 unspecified atom stereocenters. The quantitative estimate of drug-likeness (QED) is 0.591. The normalized spacial score (nSPS) is 15.4. The molecule has 0 atom stereocenters. The second-order valence-corrected chi connectivity index (χ2v) is 7.56. The van der Waals surface area contributed by atoms with Crippen molar-refractivity contribution in [2.75, 3.05) is 19.6 Å². The maximum atomic E-state index is 12.9. The Hall–Kier alpha value is -2.63. The average molecular weight is 383 g/mol. The van der Waals surface area contributed by atoms with Crippen LogP contribution in [0.5, 0.6) is 0 Å². The van der Waals surface area contributed by atoms with E-state index in [-0.39, 0.29) is 11.8 Å². The molecule has 0 spiro atoms. The van der Waals surface area contributed by atoms with Crippen molar-refractivity contribution in [2.45, 2.75) is 46.1 Å². The zero-order chi connectivity index (χ0) is 19.9. The van der Waals surface area contributed by atoms with E-state index in [1.807, 2.05) is 40.7 Å². The first-order valence-corrected chi connectivity index (χ1v) is 10.2. The Morgan fingerprint density at radius 1 is 1.25 bits per heavy atom. The van der Waals surface area contributed by atoms with Crippen molar-refractivity contribution in [1.29, 1.82) is 0 Å². The zero-order valence-corrected chi connectivity index (χ0v) is 16.9. The Balaban J connectivity index is 1.68. The maximum absolute atomic E-state index is 12.9. The number of hydrogen-bond acceptors (Lipinski definition) is 3. The third-order valence-electron chi connectivity index (χ3n) is 5.36. The maximum Gasteiger partial charge on any atom is 0.243 e. The van der Waals surface area contributed by atoms with Crippen molar-refractivity contribution < 1.29 is 9.59 Å². The van der Waals surface area contributed by atoms with Crippen LogP contribution >= 0.6 is 0 Å². The largest absolute Gasteiger partial charge is 0.353 e. The van der Waals surface area contributed by atoms with Crippen molar-refractivity contribution >= 4 is 22.8 Å². The number of rotatable bonds is 7. The standard InChI is InChI=1S/C22H30N4O2/c1-3-7-21(27)23-13-6-10-20-24-18-8-4-5-9-19(18)26(20)16-22(28)25-14-11-17(2)12-15-25/h3-5,7-9,17H,6,10-16H2,1-2H3,(H,23,27)/b7-3-. The van der Waals surface area contributed by atoms with Gasteiger partial charge in [-0.05, 0) is 50.3 Å². The van der Waals surface area contributed by atoms with Crippen LogP contribution in [0.25, 0.3) is 11.0 Å². The van der Waals surface area contributed by atoms with Gasteiger partial charge in [0.15, 0.2) is 0 Å². The molecule has 1 saturated heterocycles. The molecule has 6 heteroatoms. The molecule has 3 rings (SSSR count). The Kier molecular flexibility index (Phi) is 6.85. The van der Waals surface area contributed by atoms with Crippen LogP contribution in [-0.2, 0) is 22.6 Å². The summed E-state index contributed by atoms with van der Waals surface area (Å²) in [5, 5.41) is 2.87. The van der Waals surface area contributed by atoms with Crippen LogP contribution in [0.15, 0.2) is 36.4 Å². The van der Waals surface area contributed by atoms with E-state index in [0.717, 1.165) is 55.6 Å². The summed E-state index contributed by atoms with van der Waals surface area (Å²) in [4.78, 5) is 31.1. The fraction of sp³-hybridized carbons (Fsp3) is 0.500. The number of allylic oxidation sites excluding steroid dienone is 1. The van der Waals surface area contributed by atoms with Gasteiger partial charge in [0.2, 0.25) is 11.8 Å². The van der Waals surface area contributed by atoms with Gasteiger partial charge >= 0.3 is 0 Å². The predicted octanol–water partition coefficient (Wildman–Crippen LogP) is 2.92. The molecule has 28 heavy (non-hydrogen) atoms. The molecule has 0 aliphatic carbocycles. The fourth-order valence-corrected chi connectivity index (χ4v) is 3.65. The number of para-hydroxylation sites is 2. The number of piperidine rings is 1. The van der Waals surface area contributed by atoms with E-state index in [1.54, 1.807) is 6.08 Å². The number of carbonyl (C=O) groups excluding carboxylic acids is 2. The first-order chi connectivity index (χ1) is 13.6. The molecule has 0 radical (unpaired) electrons. The number of fused-ring (bicyclic) bond motifs is 1. The van der Waals surface area contributed by atoms with Crippen LogP contribution in [0.4, 0.5) is 0 Å². The molecule has 1 N–H and O–H groups in total. The Morgan fingerprint density at radius 3 is 2.75 bits per heavy atom. The van der Waals surface area contributed by atoms with E-state index >= 15 is 0 Å². The van der Waals surface area contributed by atoms with Crippen molar-refractivity contribution in [3.63, 3.8) is 0 Å². The summed E-state index contributed by atoms with van der Waals surface area (Å²) in [6, 6.07) is 7.95. The van der Waals surface area contributed by atoms with Gasteiger partial charge < -0.3 is 14.8 Å². The summed E-state index contributed by atoms with van der Waals surface area (Å²) in [7, 11) is 0. The number of nitrogens with zero attached hydrogens (tertiary/aromatic N) is 3. The minimum absolute atomic E-state index is 0.0782. The second-order valence-electron chi connectivity index (χ2n) is 7.56. The molecule has 1 aromatic carbocycles. The van der Waals surface area contributed by atoms with Crippen molar-refractivity contribution in [2.24, 2.45) is 5.92 Å². The summed E-state index contributed by atoms with van der Waals surface area (Å²) >= 11 is 0. The van der Waals surface area contributed by atoms with Crippen molar-refractivity contribution in [1.82, 2.24) is 19.8 Å². The monoisotopic (exact) mass is 382 g/mol. The number of carbonyl (C=O) groups is 2. The van der Waals surface area contributed by atoms with Gasteiger partial charge in [-0.2, -0.15) is 0 Å². The molecule has 1 aromatic heterocycles. The van der Waals surface area contributed by atoms with Crippen molar-refractivity contribution in [3.8, 4) is 0 Å². The van der Waals surface area contributed by atoms with E-state index in [2.05, 4.69) is 12.2 Å². The smallest absolute Gasteiger partial charge is 0.243 e. The van der Waals surface area contributed by atoms with E-state index in [4.69, 9.17) is 4.98 Å².